The fourth-order valence-corrected chi connectivity index (χ4v) is 2.34. The molecule has 0 aliphatic heterocycles. The van der Waals surface area contributed by atoms with Crippen LogP contribution in [-0.2, 0) is 0 Å². The molecule has 1 aliphatic rings. The van der Waals surface area contributed by atoms with Crippen molar-refractivity contribution in [2.24, 2.45) is 0 Å². The van der Waals surface area contributed by atoms with Gasteiger partial charge < -0.3 is 5.32 Å². The van der Waals surface area contributed by atoms with E-state index in [0.717, 1.165) is 12.8 Å². The van der Waals surface area contributed by atoms with Crippen molar-refractivity contribution in [1.29, 1.82) is 0 Å². The molecule has 1 fully saturated rings. The lowest BCUT2D eigenvalue weighted by Gasteiger charge is -2.05. The molecule has 1 aliphatic carbocycles. The Hall–Kier alpha value is -2.83. The van der Waals surface area contributed by atoms with Crippen LogP contribution in [0.1, 0.15) is 23.3 Å². The number of nitrogens with one attached hydrogen (secondary N) is 1. The number of carbonyl (C=O) groups is 1. The number of aromatic nitrogens is 4. The SMILES string of the molecule is O=C(NC1CC1)c1nc2cccnn2c1-c1ccnc(F)c1. The summed E-state index contributed by atoms with van der Waals surface area (Å²) in [5, 5.41) is 7.12. The normalized spacial score (nSPS) is 14.2. The number of nitrogens with zero attached hydrogens (tertiary/aromatic N) is 4. The molecular formula is C15H12FN5O. The lowest BCUT2D eigenvalue weighted by molar-refractivity contribution is 0.0947. The predicted molar refractivity (Wildman–Crippen MR) is 76.7 cm³/mol. The van der Waals surface area contributed by atoms with Crippen LogP contribution in [0.3, 0.4) is 0 Å². The van der Waals surface area contributed by atoms with E-state index in [1.807, 2.05) is 0 Å². The molecule has 6 nitrogen and oxygen atoms in total. The van der Waals surface area contributed by atoms with Crippen LogP contribution in [0, 0.1) is 5.95 Å². The number of amides is 1. The van der Waals surface area contributed by atoms with Gasteiger partial charge in [-0.2, -0.15) is 9.49 Å². The van der Waals surface area contributed by atoms with Gasteiger partial charge in [0.25, 0.3) is 5.91 Å². The molecule has 7 heteroatoms. The number of hydrogen-bond donors (Lipinski definition) is 1. The summed E-state index contributed by atoms with van der Waals surface area (Å²) >= 11 is 0. The van der Waals surface area contributed by atoms with Crippen molar-refractivity contribution in [3.05, 3.63) is 48.3 Å². The average molecular weight is 297 g/mol. The molecule has 3 aromatic heterocycles. The topological polar surface area (TPSA) is 72.2 Å². The Labute approximate surface area is 125 Å². The zero-order valence-electron chi connectivity index (χ0n) is 11.5. The lowest BCUT2D eigenvalue weighted by Crippen LogP contribution is -2.26. The lowest BCUT2D eigenvalue weighted by atomic mass is 10.1. The van der Waals surface area contributed by atoms with Crippen LogP contribution in [-0.4, -0.2) is 31.5 Å². The van der Waals surface area contributed by atoms with Crippen molar-refractivity contribution in [1.82, 2.24) is 24.9 Å². The van der Waals surface area contributed by atoms with Crippen LogP contribution >= 0.6 is 0 Å². The zero-order valence-corrected chi connectivity index (χ0v) is 11.5. The second-order valence-electron chi connectivity index (χ2n) is 5.22. The minimum atomic E-state index is -0.614. The van der Waals surface area contributed by atoms with E-state index in [1.165, 1.54) is 16.8 Å². The highest BCUT2D eigenvalue weighted by atomic mass is 19.1. The molecule has 0 unspecified atom stereocenters. The number of imidazole rings is 1. The second-order valence-corrected chi connectivity index (χ2v) is 5.22. The summed E-state index contributed by atoms with van der Waals surface area (Å²) in [5.41, 5.74) is 1.77. The summed E-state index contributed by atoms with van der Waals surface area (Å²) in [5.74, 6) is -0.878. The summed E-state index contributed by atoms with van der Waals surface area (Å²) in [6.07, 6.45) is 4.92. The summed E-state index contributed by atoms with van der Waals surface area (Å²) < 4.78 is 15.0. The number of hydrogen-bond acceptors (Lipinski definition) is 4. The fourth-order valence-electron chi connectivity index (χ4n) is 2.34. The van der Waals surface area contributed by atoms with Crippen molar-refractivity contribution in [3.63, 3.8) is 0 Å². The van der Waals surface area contributed by atoms with E-state index in [2.05, 4.69) is 20.4 Å². The van der Waals surface area contributed by atoms with E-state index in [0.29, 0.717) is 16.9 Å². The van der Waals surface area contributed by atoms with E-state index >= 15 is 0 Å². The Morgan fingerprint density at radius 3 is 2.95 bits per heavy atom. The van der Waals surface area contributed by atoms with Crippen LogP contribution in [0.5, 0.6) is 0 Å². The van der Waals surface area contributed by atoms with Crippen LogP contribution in [0.4, 0.5) is 4.39 Å². The van der Waals surface area contributed by atoms with Crippen molar-refractivity contribution >= 4 is 11.6 Å². The Morgan fingerprint density at radius 2 is 2.18 bits per heavy atom. The first kappa shape index (κ1) is 12.9. The van der Waals surface area contributed by atoms with Gasteiger partial charge in [0.2, 0.25) is 5.95 Å². The Morgan fingerprint density at radius 1 is 1.32 bits per heavy atom. The van der Waals surface area contributed by atoms with Gasteiger partial charge in [-0.05, 0) is 31.0 Å². The van der Waals surface area contributed by atoms with E-state index in [1.54, 1.807) is 24.4 Å². The standard InChI is InChI=1S/C15H12FN5O/c16-11-8-9(5-7-17-11)14-13(15(22)19-10-3-4-10)20-12-2-1-6-18-21(12)14/h1-2,5-8,10H,3-4H2,(H,19,22). The van der Waals surface area contributed by atoms with Gasteiger partial charge in [-0.15, -0.1) is 0 Å². The first-order valence-electron chi connectivity index (χ1n) is 6.99. The number of pyridine rings is 1. The summed E-state index contributed by atoms with van der Waals surface area (Å²) in [6, 6.07) is 6.61. The Bertz CT molecular complexity index is 871. The molecule has 0 saturated heterocycles. The van der Waals surface area contributed by atoms with E-state index in [4.69, 9.17) is 0 Å². The quantitative estimate of drug-likeness (QED) is 0.749. The highest BCUT2D eigenvalue weighted by Gasteiger charge is 2.28. The largest absolute Gasteiger partial charge is 0.348 e. The van der Waals surface area contributed by atoms with Crippen LogP contribution in [0.2, 0.25) is 0 Å². The van der Waals surface area contributed by atoms with Crippen molar-refractivity contribution < 1.29 is 9.18 Å². The third-order valence-electron chi connectivity index (χ3n) is 3.52. The summed E-state index contributed by atoms with van der Waals surface area (Å²) in [7, 11) is 0. The Balaban J connectivity index is 1.91. The van der Waals surface area contributed by atoms with Crippen molar-refractivity contribution in [2.45, 2.75) is 18.9 Å². The average Bonchev–Trinajstić information content (AvgIpc) is 3.24. The molecule has 0 aromatic carbocycles. The maximum atomic E-state index is 13.5. The van der Waals surface area contributed by atoms with Crippen molar-refractivity contribution in [3.8, 4) is 11.3 Å². The maximum Gasteiger partial charge on any atom is 0.272 e. The van der Waals surface area contributed by atoms with Crippen LogP contribution in [0.15, 0.2) is 36.7 Å². The zero-order chi connectivity index (χ0) is 15.1. The summed E-state index contributed by atoms with van der Waals surface area (Å²) in [4.78, 5) is 20.3. The highest BCUT2D eigenvalue weighted by Crippen LogP contribution is 2.26. The molecule has 4 rings (SSSR count). The van der Waals surface area contributed by atoms with E-state index in [-0.39, 0.29) is 17.6 Å². The number of halogens is 1. The minimum absolute atomic E-state index is 0.215. The molecular weight excluding hydrogens is 285 g/mol. The molecule has 3 aromatic rings. The second kappa shape index (κ2) is 4.87. The maximum absolute atomic E-state index is 13.5. The third-order valence-corrected chi connectivity index (χ3v) is 3.52. The molecule has 1 amide bonds. The fraction of sp³-hybridized carbons (Fsp3) is 0.200. The van der Waals surface area contributed by atoms with Crippen molar-refractivity contribution in [2.75, 3.05) is 0 Å². The van der Waals surface area contributed by atoms with Gasteiger partial charge >= 0.3 is 0 Å². The molecule has 3 heterocycles. The van der Waals surface area contributed by atoms with Gasteiger partial charge in [-0.25, -0.2) is 14.5 Å². The number of fused-ring (bicyclic) bond motifs is 1. The van der Waals surface area contributed by atoms with Gasteiger partial charge in [0.15, 0.2) is 11.3 Å². The smallest absolute Gasteiger partial charge is 0.272 e. The molecule has 0 bridgehead atoms. The first-order valence-corrected chi connectivity index (χ1v) is 6.99. The molecule has 22 heavy (non-hydrogen) atoms. The van der Waals surface area contributed by atoms with Gasteiger partial charge in [-0.3, -0.25) is 4.79 Å². The molecule has 110 valence electrons. The van der Waals surface area contributed by atoms with E-state index in [9.17, 15) is 9.18 Å². The monoisotopic (exact) mass is 297 g/mol. The predicted octanol–water partition coefficient (Wildman–Crippen LogP) is 1.82. The number of rotatable bonds is 3. The molecule has 1 saturated carbocycles. The molecule has 0 spiro atoms. The molecule has 0 atom stereocenters. The van der Waals surface area contributed by atoms with Crippen LogP contribution < -0.4 is 5.32 Å². The number of carbonyl (C=O) groups excluding carboxylic acids is 1. The van der Waals surface area contributed by atoms with Crippen LogP contribution in [0.25, 0.3) is 16.9 Å². The van der Waals surface area contributed by atoms with Gasteiger partial charge in [0.05, 0.1) is 0 Å². The van der Waals surface area contributed by atoms with Gasteiger partial charge in [-0.1, -0.05) is 0 Å². The van der Waals surface area contributed by atoms with E-state index < -0.39 is 5.95 Å². The Kier molecular flexibility index (Phi) is 2.85. The highest BCUT2D eigenvalue weighted by molar-refractivity contribution is 5.99. The molecule has 1 N–H and O–H groups in total. The summed E-state index contributed by atoms with van der Waals surface area (Å²) in [6.45, 7) is 0. The van der Waals surface area contributed by atoms with Gasteiger partial charge in [0.1, 0.15) is 5.69 Å². The first-order chi connectivity index (χ1) is 10.7. The minimum Gasteiger partial charge on any atom is -0.348 e. The van der Waals surface area contributed by atoms with Gasteiger partial charge in [0, 0.05) is 30.1 Å². The third kappa shape index (κ3) is 2.20. The molecule has 0 radical (unpaired) electrons.